The molecule has 1 aromatic rings. The fourth-order valence-electron chi connectivity index (χ4n) is 2.83. The molecule has 1 aliphatic rings. The maximum Gasteiger partial charge on any atom is 0.124 e. The van der Waals surface area contributed by atoms with Crippen LogP contribution in [-0.4, -0.2) is 47.0 Å². The van der Waals surface area contributed by atoms with E-state index in [0.717, 1.165) is 38.3 Å². The molecule has 2 N–H and O–H groups in total. The zero-order valence-corrected chi connectivity index (χ0v) is 12.9. The molecule has 110 valence electrons. The third kappa shape index (κ3) is 3.75. The van der Waals surface area contributed by atoms with E-state index >= 15 is 0 Å². The van der Waals surface area contributed by atoms with Gasteiger partial charge in [0, 0.05) is 37.8 Å². The summed E-state index contributed by atoms with van der Waals surface area (Å²) in [4.78, 5) is 5.06. The van der Waals surface area contributed by atoms with Crippen molar-refractivity contribution < 1.29 is 4.39 Å². The number of likely N-dealkylation sites (N-methyl/N-ethyl adjacent to an activating group) is 1. The fraction of sp³-hybridized carbons (Fsp3) is 0.533. The fourth-order valence-corrected chi connectivity index (χ4v) is 2.94. The quantitative estimate of drug-likeness (QED) is 0.861. The maximum absolute atomic E-state index is 13.6. The standard InChI is InChI=1S/C15H22FN3S/c1-3-19-5-4-18(9-11(19)2)10-12-6-13(15(17)20)8-14(16)7-12/h6-8,11H,3-5,9-10H2,1-2H3,(H2,17,20). The van der Waals surface area contributed by atoms with Gasteiger partial charge in [-0.25, -0.2) is 4.39 Å². The van der Waals surface area contributed by atoms with Gasteiger partial charge < -0.3 is 5.73 Å². The Morgan fingerprint density at radius 3 is 2.75 bits per heavy atom. The Kier molecular flexibility index (Phi) is 5.07. The topological polar surface area (TPSA) is 32.5 Å². The number of nitrogens with two attached hydrogens (primary N) is 1. The minimum Gasteiger partial charge on any atom is -0.389 e. The summed E-state index contributed by atoms with van der Waals surface area (Å²) in [7, 11) is 0. The molecule has 1 heterocycles. The summed E-state index contributed by atoms with van der Waals surface area (Å²) in [6.07, 6.45) is 0. The molecule has 2 rings (SSSR count). The van der Waals surface area contributed by atoms with Gasteiger partial charge in [0.25, 0.3) is 0 Å². The van der Waals surface area contributed by atoms with Crippen LogP contribution >= 0.6 is 12.2 Å². The molecule has 1 aromatic carbocycles. The third-order valence-corrected chi connectivity index (χ3v) is 4.14. The predicted octanol–water partition coefficient (Wildman–Crippen LogP) is 1.99. The molecule has 0 radical (unpaired) electrons. The van der Waals surface area contributed by atoms with Crippen molar-refractivity contribution in [1.82, 2.24) is 9.80 Å². The highest BCUT2D eigenvalue weighted by atomic mass is 32.1. The average Bonchev–Trinajstić information content (AvgIpc) is 2.38. The van der Waals surface area contributed by atoms with E-state index in [-0.39, 0.29) is 10.8 Å². The van der Waals surface area contributed by atoms with Crippen LogP contribution in [0.15, 0.2) is 18.2 Å². The lowest BCUT2D eigenvalue weighted by Gasteiger charge is -2.39. The zero-order chi connectivity index (χ0) is 14.7. The van der Waals surface area contributed by atoms with Crippen LogP contribution in [0.4, 0.5) is 4.39 Å². The molecule has 3 nitrogen and oxygen atoms in total. The van der Waals surface area contributed by atoms with Crippen molar-refractivity contribution >= 4 is 17.2 Å². The average molecular weight is 295 g/mol. The second-order valence-electron chi connectivity index (χ2n) is 5.43. The normalized spacial score (nSPS) is 21.1. The molecule has 1 aliphatic heterocycles. The second kappa shape index (κ2) is 6.61. The summed E-state index contributed by atoms with van der Waals surface area (Å²) in [5.74, 6) is -0.273. The summed E-state index contributed by atoms with van der Waals surface area (Å²) in [5, 5.41) is 0. The number of piperazine rings is 1. The van der Waals surface area contributed by atoms with Crippen LogP contribution in [0.2, 0.25) is 0 Å². The van der Waals surface area contributed by atoms with Crippen molar-refractivity contribution in [1.29, 1.82) is 0 Å². The highest BCUT2D eigenvalue weighted by Gasteiger charge is 2.22. The van der Waals surface area contributed by atoms with Crippen molar-refractivity contribution in [2.24, 2.45) is 5.73 Å². The van der Waals surface area contributed by atoms with E-state index < -0.39 is 0 Å². The van der Waals surface area contributed by atoms with Gasteiger partial charge in [-0.2, -0.15) is 0 Å². The Hall–Kier alpha value is -1.04. The van der Waals surface area contributed by atoms with Gasteiger partial charge in [-0.15, -0.1) is 0 Å². The van der Waals surface area contributed by atoms with E-state index in [9.17, 15) is 4.39 Å². The number of halogens is 1. The smallest absolute Gasteiger partial charge is 0.124 e. The van der Waals surface area contributed by atoms with Gasteiger partial charge in [-0.1, -0.05) is 19.1 Å². The molecule has 5 heteroatoms. The molecule has 20 heavy (non-hydrogen) atoms. The van der Waals surface area contributed by atoms with E-state index in [1.165, 1.54) is 6.07 Å². The molecule has 0 saturated carbocycles. The van der Waals surface area contributed by atoms with Gasteiger partial charge in [-0.05, 0) is 37.2 Å². The molecule has 1 fully saturated rings. The van der Waals surface area contributed by atoms with Crippen LogP contribution in [0.3, 0.4) is 0 Å². The van der Waals surface area contributed by atoms with Gasteiger partial charge in [0.05, 0.1) is 0 Å². The Morgan fingerprint density at radius 1 is 1.40 bits per heavy atom. The first-order chi connectivity index (χ1) is 9.49. The summed E-state index contributed by atoms with van der Waals surface area (Å²) in [5.41, 5.74) is 7.13. The molecule has 0 spiro atoms. The monoisotopic (exact) mass is 295 g/mol. The maximum atomic E-state index is 13.6. The lowest BCUT2D eigenvalue weighted by molar-refractivity contribution is 0.0834. The van der Waals surface area contributed by atoms with Gasteiger partial charge in [0.2, 0.25) is 0 Å². The van der Waals surface area contributed by atoms with Gasteiger partial charge in [0.1, 0.15) is 10.8 Å². The first kappa shape index (κ1) is 15.4. The van der Waals surface area contributed by atoms with E-state index in [1.54, 1.807) is 6.07 Å². The molecule has 1 atom stereocenters. The lowest BCUT2D eigenvalue weighted by Crippen LogP contribution is -2.51. The molecule has 0 aromatic heterocycles. The van der Waals surface area contributed by atoms with Crippen molar-refractivity contribution in [2.75, 3.05) is 26.2 Å². The molecule has 1 unspecified atom stereocenters. The molecule has 0 aliphatic carbocycles. The number of thiocarbonyl (C=S) groups is 1. The Labute approximate surface area is 125 Å². The summed E-state index contributed by atoms with van der Waals surface area (Å²) >= 11 is 4.93. The van der Waals surface area contributed by atoms with Crippen molar-refractivity contribution in [3.8, 4) is 0 Å². The summed E-state index contributed by atoms with van der Waals surface area (Å²) in [6, 6.07) is 5.39. The lowest BCUT2D eigenvalue weighted by atomic mass is 10.1. The number of nitrogens with zero attached hydrogens (tertiary/aromatic N) is 2. The highest BCUT2D eigenvalue weighted by molar-refractivity contribution is 7.80. The molecule has 0 bridgehead atoms. The second-order valence-corrected chi connectivity index (χ2v) is 5.86. The van der Waals surface area contributed by atoms with E-state index in [4.69, 9.17) is 18.0 Å². The van der Waals surface area contributed by atoms with Crippen molar-refractivity contribution in [3.05, 3.63) is 35.1 Å². The van der Waals surface area contributed by atoms with Gasteiger partial charge in [0.15, 0.2) is 0 Å². The largest absolute Gasteiger partial charge is 0.389 e. The van der Waals surface area contributed by atoms with Crippen molar-refractivity contribution in [2.45, 2.75) is 26.4 Å². The summed E-state index contributed by atoms with van der Waals surface area (Å²) < 4.78 is 13.6. The van der Waals surface area contributed by atoms with E-state index in [0.29, 0.717) is 11.6 Å². The van der Waals surface area contributed by atoms with Gasteiger partial charge >= 0.3 is 0 Å². The van der Waals surface area contributed by atoms with Crippen LogP contribution in [0.25, 0.3) is 0 Å². The molecule has 0 amide bonds. The molecule has 1 saturated heterocycles. The first-order valence-electron chi connectivity index (χ1n) is 7.05. The van der Waals surface area contributed by atoms with Crippen molar-refractivity contribution in [3.63, 3.8) is 0 Å². The molecular formula is C15H22FN3S. The molecular weight excluding hydrogens is 273 g/mol. The van der Waals surface area contributed by atoms with Crippen LogP contribution in [0.5, 0.6) is 0 Å². The SMILES string of the molecule is CCN1CCN(Cc2cc(F)cc(C(N)=S)c2)CC1C. The predicted molar refractivity (Wildman–Crippen MR) is 84.3 cm³/mol. The van der Waals surface area contributed by atoms with Crippen LogP contribution < -0.4 is 5.73 Å². The Bertz CT molecular complexity index is 492. The number of hydrogen-bond donors (Lipinski definition) is 1. The number of benzene rings is 1. The first-order valence-corrected chi connectivity index (χ1v) is 7.46. The van der Waals surface area contributed by atoms with E-state index in [1.807, 2.05) is 6.07 Å². The van der Waals surface area contributed by atoms with Crippen LogP contribution in [0.1, 0.15) is 25.0 Å². The third-order valence-electron chi connectivity index (χ3n) is 3.90. The van der Waals surface area contributed by atoms with Crippen LogP contribution in [0, 0.1) is 5.82 Å². The Morgan fingerprint density at radius 2 is 2.15 bits per heavy atom. The van der Waals surface area contributed by atoms with Crippen LogP contribution in [-0.2, 0) is 6.54 Å². The minimum atomic E-state index is -0.273. The van der Waals surface area contributed by atoms with Gasteiger partial charge in [-0.3, -0.25) is 9.80 Å². The zero-order valence-electron chi connectivity index (χ0n) is 12.1. The van der Waals surface area contributed by atoms with E-state index in [2.05, 4.69) is 23.6 Å². The minimum absolute atomic E-state index is 0.245. The highest BCUT2D eigenvalue weighted by Crippen LogP contribution is 2.15. The Balaban J connectivity index is 2.05. The summed E-state index contributed by atoms with van der Waals surface area (Å²) in [6.45, 7) is 9.34. The number of hydrogen-bond acceptors (Lipinski definition) is 3. The number of rotatable bonds is 4.